The maximum absolute atomic E-state index is 9.01. The van der Waals surface area contributed by atoms with Crippen LogP contribution in [0.5, 0.6) is 5.75 Å². The van der Waals surface area contributed by atoms with Crippen LogP contribution < -0.4 is 15.4 Å². The Hall–Kier alpha value is -2.53. The molecular formula is C26H38N4O. The minimum Gasteiger partial charge on any atom is -0.489 e. The van der Waals surface area contributed by atoms with Gasteiger partial charge in [0, 0.05) is 24.8 Å². The maximum atomic E-state index is 9.01. The van der Waals surface area contributed by atoms with E-state index in [-0.39, 0.29) is 5.41 Å². The molecule has 5 heteroatoms. The number of nitrogens with zero attached hydrogens (tertiary/aromatic N) is 2. The van der Waals surface area contributed by atoms with E-state index in [2.05, 4.69) is 73.9 Å². The summed E-state index contributed by atoms with van der Waals surface area (Å²) in [6.45, 7) is 11.4. The maximum Gasteiger partial charge on any atom is 0.198 e. The molecule has 2 aromatic rings. The fraction of sp³-hybridized carbons (Fsp3) is 0.500. The molecule has 1 atom stereocenters. The lowest BCUT2D eigenvalue weighted by atomic mass is 9.92. The van der Waals surface area contributed by atoms with Crippen LogP contribution in [0.4, 0.5) is 5.69 Å². The Kier molecular flexibility index (Phi) is 7.60. The summed E-state index contributed by atoms with van der Waals surface area (Å²) >= 11 is 0. The number of anilines is 1. The smallest absolute Gasteiger partial charge is 0.198 e. The summed E-state index contributed by atoms with van der Waals surface area (Å²) in [7, 11) is 0. The lowest BCUT2D eigenvalue weighted by Crippen LogP contribution is -2.53. The third-order valence-electron chi connectivity index (χ3n) is 6.14. The van der Waals surface area contributed by atoms with E-state index >= 15 is 0 Å². The molecule has 1 unspecified atom stereocenters. The van der Waals surface area contributed by atoms with Crippen molar-refractivity contribution < 1.29 is 4.74 Å². The van der Waals surface area contributed by atoms with E-state index in [9.17, 15) is 0 Å². The Morgan fingerprint density at radius 2 is 1.81 bits per heavy atom. The van der Waals surface area contributed by atoms with Gasteiger partial charge in [0.15, 0.2) is 5.96 Å². The minimum atomic E-state index is -0.0913. The predicted molar refractivity (Wildman–Crippen MR) is 130 cm³/mol. The van der Waals surface area contributed by atoms with E-state index in [1.807, 2.05) is 12.1 Å². The molecular weight excluding hydrogens is 384 g/mol. The third kappa shape index (κ3) is 6.23. The van der Waals surface area contributed by atoms with Crippen molar-refractivity contribution in [2.24, 2.45) is 11.1 Å². The van der Waals surface area contributed by atoms with Crippen molar-refractivity contribution in [1.82, 2.24) is 4.90 Å². The van der Waals surface area contributed by atoms with Gasteiger partial charge < -0.3 is 20.3 Å². The summed E-state index contributed by atoms with van der Waals surface area (Å²) in [5.41, 5.74) is 9.35. The summed E-state index contributed by atoms with van der Waals surface area (Å²) in [5, 5.41) is 9.01. The Bertz CT molecular complexity index is 845. The largest absolute Gasteiger partial charge is 0.489 e. The first-order valence-corrected chi connectivity index (χ1v) is 11.4. The highest BCUT2D eigenvalue weighted by atomic mass is 16.5. The molecule has 0 aromatic heterocycles. The van der Waals surface area contributed by atoms with Gasteiger partial charge >= 0.3 is 0 Å². The molecule has 1 aliphatic rings. The van der Waals surface area contributed by atoms with Crippen molar-refractivity contribution in [2.45, 2.75) is 59.6 Å². The fourth-order valence-electron chi connectivity index (χ4n) is 3.92. The Morgan fingerprint density at radius 3 is 2.42 bits per heavy atom. The van der Waals surface area contributed by atoms with Crippen LogP contribution >= 0.6 is 0 Å². The van der Waals surface area contributed by atoms with E-state index in [0.717, 1.165) is 36.4 Å². The van der Waals surface area contributed by atoms with Gasteiger partial charge in [-0.3, -0.25) is 5.41 Å². The summed E-state index contributed by atoms with van der Waals surface area (Å²) < 4.78 is 5.98. The van der Waals surface area contributed by atoms with Gasteiger partial charge in [-0.2, -0.15) is 0 Å². The van der Waals surface area contributed by atoms with Crippen LogP contribution in [-0.2, 0) is 6.61 Å². The zero-order chi connectivity index (χ0) is 22.4. The molecule has 0 bridgehead atoms. The molecule has 1 heterocycles. The van der Waals surface area contributed by atoms with Crippen molar-refractivity contribution in [3.05, 3.63) is 59.7 Å². The number of benzene rings is 2. The number of hydrogen-bond donors (Lipinski definition) is 2. The lowest BCUT2D eigenvalue weighted by molar-refractivity contribution is 0.250. The Balaban J connectivity index is 1.74. The van der Waals surface area contributed by atoms with E-state index in [1.54, 1.807) is 0 Å². The summed E-state index contributed by atoms with van der Waals surface area (Å²) in [5.74, 6) is 1.40. The van der Waals surface area contributed by atoms with Gasteiger partial charge in [-0.1, -0.05) is 43.7 Å². The molecule has 3 N–H and O–H groups in total. The zero-order valence-electron chi connectivity index (χ0n) is 19.5. The van der Waals surface area contributed by atoms with Gasteiger partial charge in [0.1, 0.15) is 12.4 Å². The third-order valence-corrected chi connectivity index (χ3v) is 6.14. The van der Waals surface area contributed by atoms with Crippen LogP contribution in [0.2, 0.25) is 0 Å². The first kappa shape index (κ1) is 23.1. The summed E-state index contributed by atoms with van der Waals surface area (Å²) in [4.78, 5) is 4.34. The number of nitrogens with one attached hydrogen (secondary N) is 1. The van der Waals surface area contributed by atoms with Gasteiger partial charge in [0.2, 0.25) is 0 Å². The van der Waals surface area contributed by atoms with E-state index in [1.165, 1.54) is 12.0 Å². The monoisotopic (exact) mass is 422 g/mol. The standard InChI is InChI=1S/C26H38N4O/c1-20-8-10-22(11-9-20)17-31-24-14-12-23(13-15-24)30(19-26(3,4)18-27)25(28)29-16-6-5-7-21(29)2/h8-15,21,28H,5-7,16-19,27H2,1-4H3. The molecule has 3 rings (SSSR count). The molecule has 168 valence electrons. The summed E-state index contributed by atoms with van der Waals surface area (Å²) in [6, 6.07) is 16.9. The van der Waals surface area contributed by atoms with Gasteiger partial charge in [0.05, 0.1) is 0 Å². The SMILES string of the molecule is Cc1ccc(COc2ccc(N(CC(C)(C)CN)C(=N)N3CCCCC3C)cc2)cc1. The quantitative estimate of drug-likeness (QED) is 0.477. The second kappa shape index (κ2) is 10.2. The van der Waals surface area contributed by atoms with E-state index in [4.69, 9.17) is 15.9 Å². The van der Waals surface area contributed by atoms with Crippen molar-refractivity contribution in [3.8, 4) is 5.75 Å². The van der Waals surface area contributed by atoms with E-state index < -0.39 is 0 Å². The average Bonchev–Trinajstić information content (AvgIpc) is 2.77. The van der Waals surface area contributed by atoms with Gasteiger partial charge in [-0.25, -0.2) is 0 Å². The van der Waals surface area contributed by atoms with Crippen molar-refractivity contribution in [3.63, 3.8) is 0 Å². The van der Waals surface area contributed by atoms with Crippen LogP contribution in [0.1, 0.15) is 51.2 Å². The Morgan fingerprint density at radius 1 is 1.13 bits per heavy atom. The molecule has 1 aliphatic heterocycles. The van der Waals surface area contributed by atoms with Crippen molar-refractivity contribution >= 4 is 11.6 Å². The first-order chi connectivity index (χ1) is 14.8. The number of piperidine rings is 1. The predicted octanol–water partition coefficient (Wildman–Crippen LogP) is 5.17. The highest BCUT2D eigenvalue weighted by Gasteiger charge is 2.29. The number of rotatable bonds is 7. The number of likely N-dealkylation sites (tertiary alicyclic amines) is 1. The molecule has 2 aromatic carbocycles. The number of aryl methyl sites for hydroxylation is 1. The molecule has 5 nitrogen and oxygen atoms in total. The molecule has 1 saturated heterocycles. The second-order valence-electron chi connectivity index (χ2n) is 9.58. The van der Waals surface area contributed by atoms with E-state index in [0.29, 0.717) is 31.7 Å². The highest BCUT2D eigenvalue weighted by Crippen LogP contribution is 2.27. The lowest BCUT2D eigenvalue weighted by Gasteiger charge is -2.42. The molecule has 0 aliphatic carbocycles. The second-order valence-corrected chi connectivity index (χ2v) is 9.58. The molecule has 0 amide bonds. The molecule has 0 spiro atoms. The van der Waals surface area contributed by atoms with Crippen molar-refractivity contribution in [2.75, 3.05) is 24.5 Å². The van der Waals surface area contributed by atoms with Crippen LogP contribution in [0.3, 0.4) is 0 Å². The van der Waals surface area contributed by atoms with Gasteiger partial charge in [-0.05, 0) is 74.9 Å². The molecule has 0 saturated carbocycles. The van der Waals surface area contributed by atoms with Crippen LogP contribution in [-0.4, -0.2) is 36.5 Å². The molecule has 1 fully saturated rings. The number of nitrogens with two attached hydrogens (primary N) is 1. The fourth-order valence-corrected chi connectivity index (χ4v) is 3.92. The number of guanidine groups is 1. The summed E-state index contributed by atoms with van der Waals surface area (Å²) in [6.07, 6.45) is 3.53. The highest BCUT2D eigenvalue weighted by molar-refractivity contribution is 5.94. The van der Waals surface area contributed by atoms with Gasteiger partial charge in [0.25, 0.3) is 0 Å². The van der Waals surface area contributed by atoms with Gasteiger partial charge in [-0.15, -0.1) is 0 Å². The molecule has 0 radical (unpaired) electrons. The molecule has 31 heavy (non-hydrogen) atoms. The minimum absolute atomic E-state index is 0.0913. The zero-order valence-corrected chi connectivity index (χ0v) is 19.5. The van der Waals surface area contributed by atoms with Crippen LogP contribution in [0, 0.1) is 17.7 Å². The van der Waals surface area contributed by atoms with Crippen LogP contribution in [0.15, 0.2) is 48.5 Å². The topological polar surface area (TPSA) is 65.6 Å². The number of hydrogen-bond acceptors (Lipinski definition) is 3. The average molecular weight is 423 g/mol. The van der Waals surface area contributed by atoms with Crippen molar-refractivity contribution in [1.29, 1.82) is 5.41 Å². The Labute approximate surface area is 187 Å². The normalized spacial score (nSPS) is 16.8. The number of ether oxygens (including phenoxy) is 1. The first-order valence-electron chi connectivity index (χ1n) is 11.4. The van der Waals surface area contributed by atoms with Crippen LogP contribution in [0.25, 0.3) is 0 Å².